The highest BCUT2D eigenvalue weighted by Gasteiger charge is 2.14. The van der Waals surface area contributed by atoms with Crippen LogP contribution in [0.5, 0.6) is 0 Å². The lowest BCUT2D eigenvalue weighted by atomic mass is 10.2. The molecule has 0 aliphatic carbocycles. The van der Waals surface area contributed by atoms with Crippen LogP contribution in [0.15, 0.2) is 109 Å². The fourth-order valence-electron chi connectivity index (χ4n) is 3.48. The SMILES string of the molecule is O=C(NNC(=O)c1ccc(Nc2nc(-c3ccccc3)n(-c3ccccc3)n2)cc1)c1ccncc1. The lowest BCUT2D eigenvalue weighted by Crippen LogP contribution is -2.41. The molecule has 0 aliphatic heterocycles. The maximum atomic E-state index is 12.4. The molecule has 2 aromatic heterocycles. The number of nitrogens with zero attached hydrogens (tertiary/aromatic N) is 4. The summed E-state index contributed by atoms with van der Waals surface area (Å²) in [6, 6.07) is 29.5. The highest BCUT2D eigenvalue weighted by atomic mass is 16.2. The van der Waals surface area contributed by atoms with Gasteiger partial charge >= 0.3 is 0 Å². The van der Waals surface area contributed by atoms with E-state index in [0.717, 1.165) is 11.3 Å². The molecule has 0 spiro atoms. The number of carbonyl (C=O) groups is 2. The number of aromatic nitrogens is 4. The van der Waals surface area contributed by atoms with Gasteiger partial charge in [0.25, 0.3) is 11.8 Å². The Balaban J connectivity index is 1.29. The van der Waals surface area contributed by atoms with Crippen LogP contribution < -0.4 is 16.2 Å². The number of hydrogen-bond acceptors (Lipinski definition) is 6. The van der Waals surface area contributed by atoms with Crippen molar-refractivity contribution in [3.05, 3.63) is 121 Å². The number of carbonyl (C=O) groups excluding carboxylic acids is 2. The fourth-order valence-corrected chi connectivity index (χ4v) is 3.48. The Morgan fingerprint density at radius 3 is 1.89 bits per heavy atom. The van der Waals surface area contributed by atoms with Crippen LogP contribution in [0.1, 0.15) is 20.7 Å². The Hall–Kier alpha value is -5.31. The number of nitrogens with one attached hydrogen (secondary N) is 3. The number of hydrogen-bond donors (Lipinski definition) is 3. The molecule has 0 bridgehead atoms. The molecule has 0 unspecified atom stereocenters. The number of benzene rings is 3. The van der Waals surface area contributed by atoms with Crippen LogP contribution >= 0.6 is 0 Å². The van der Waals surface area contributed by atoms with E-state index in [2.05, 4.69) is 26.3 Å². The Morgan fingerprint density at radius 2 is 1.25 bits per heavy atom. The second-order valence-electron chi connectivity index (χ2n) is 7.72. The Labute approximate surface area is 206 Å². The van der Waals surface area contributed by atoms with Crippen LogP contribution in [0.4, 0.5) is 11.6 Å². The van der Waals surface area contributed by atoms with Crippen molar-refractivity contribution in [1.29, 1.82) is 0 Å². The molecule has 2 amide bonds. The molecule has 3 N–H and O–H groups in total. The zero-order chi connectivity index (χ0) is 24.7. The van der Waals surface area contributed by atoms with E-state index in [4.69, 9.17) is 4.98 Å². The van der Waals surface area contributed by atoms with Gasteiger partial charge in [0, 0.05) is 34.8 Å². The smallest absolute Gasteiger partial charge is 0.269 e. The normalized spacial score (nSPS) is 10.4. The molecule has 5 rings (SSSR count). The van der Waals surface area contributed by atoms with Crippen molar-refractivity contribution in [2.75, 3.05) is 5.32 Å². The van der Waals surface area contributed by atoms with Crippen LogP contribution in [0.2, 0.25) is 0 Å². The third-order valence-electron chi connectivity index (χ3n) is 5.28. The molecular weight excluding hydrogens is 454 g/mol. The fraction of sp³-hybridized carbons (Fsp3) is 0. The quantitative estimate of drug-likeness (QED) is 0.318. The molecule has 176 valence electrons. The van der Waals surface area contributed by atoms with Gasteiger partial charge < -0.3 is 5.32 Å². The number of anilines is 2. The van der Waals surface area contributed by atoms with Crippen molar-refractivity contribution in [3.8, 4) is 17.1 Å². The largest absolute Gasteiger partial charge is 0.323 e. The summed E-state index contributed by atoms with van der Waals surface area (Å²) < 4.78 is 1.78. The minimum Gasteiger partial charge on any atom is -0.323 e. The predicted octanol–water partition coefficient (Wildman–Crippen LogP) is 4.15. The molecule has 0 radical (unpaired) electrons. The first-order valence-electron chi connectivity index (χ1n) is 11.1. The van der Waals surface area contributed by atoms with Crippen molar-refractivity contribution in [1.82, 2.24) is 30.6 Å². The number of rotatable bonds is 6. The van der Waals surface area contributed by atoms with Crippen molar-refractivity contribution in [2.24, 2.45) is 0 Å². The van der Waals surface area contributed by atoms with Crippen molar-refractivity contribution < 1.29 is 9.59 Å². The van der Waals surface area contributed by atoms with E-state index in [0.29, 0.717) is 28.6 Å². The summed E-state index contributed by atoms with van der Waals surface area (Å²) in [6.07, 6.45) is 3.01. The van der Waals surface area contributed by atoms with Gasteiger partial charge in [0.1, 0.15) is 0 Å². The topological polar surface area (TPSA) is 114 Å². The molecule has 0 saturated carbocycles. The standard InChI is InChI=1S/C27H21N7O2/c35-25(31-32-26(36)21-15-17-28-18-16-21)20-11-13-22(14-12-20)29-27-30-24(19-7-3-1-4-8-19)34(33-27)23-9-5-2-6-10-23/h1-18H,(H,29,33)(H,31,35)(H,32,36). The molecule has 2 heterocycles. The van der Waals surface area contributed by atoms with Gasteiger partial charge in [0.2, 0.25) is 5.95 Å². The summed E-state index contributed by atoms with van der Waals surface area (Å²) in [7, 11) is 0. The Bertz CT molecular complexity index is 1410. The molecule has 0 atom stereocenters. The minimum absolute atomic E-state index is 0.378. The van der Waals surface area contributed by atoms with E-state index < -0.39 is 11.8 Å². The van der Waals surface area contributed by atoms with E-state index in [1.54, 1.807) is 41.1 Å². The van der Waals surface area contributed by atoms with Gasteiger partial charge in [0.05, 0.1) is 5.69 Å². The number of pyridine rings is 1. The molecule has 5 aromatic rings. The average molecular weight is 476 g/mol. The van der Waals surface area contributed by atoms with Crippen LogP contribution in [-0.4, -0.2) is 31.6 Å². The third-order valence-corrected chi connectivity index (χ3v) is 5.28. The number of para-hydroxylation sites is 1. The van der Waals surface area contributed by atoms with E-state index in [9.17, 15) is 9.59 Å². The molecule has 0 fully saturated rings. The maximum absolute atomic E-state index is 12.4. The molecule has 0 aliphatic rings. The molecule has 0 saturated heterocycles. The highest BCUT2D eigenvalue weighted by Crippen LogP contribution is 2.24. The molecule has 9 nitrogen and oxygen atoms in total. The summed E-state index contributed by atoms with van der Waals surface area (Å²) in [5.74, 6) is 0.241. The van der Waals surface area contributed by atoms with E-state index >= 15 is 0 Å². The van der Waals surface area contributed by atoms with Crippen LogP contribution in [0, 0.1) is 0 Å². The van der Waals surface area contributed by atoms with Gasteiger partial charge in [-0.25, -0.2) is 4.68 Å². The Kier molecular flexibility index (Phi) is 6.44. The van der Waals surface area contributed by atoms with E-state index in [1.807, 2.05) is 60.7 Å². The van der Waals surface area contributed by atoms with Gasteiger partial charge in [0.15, 0.2) is 5.82 Å². The first-order valence-corrected chi connectivity index (χ1v) is 11.1. The second-order valence-corrected chi connectivity index (χ2v) is 7.72. The number of amides is 2. The molecule has 3 aromatic carbocycles. The third kappa shape index (κ3) is 5.10. The zero-order valence-electron chi connectivity index (χ0n) is 19.0. The van der Waals surface area contributed by atoms with Gasteiger partial charge in [-0.05, 0) is 48.5 Å². The Morgan fingerprint density at radius 1 is 0.667 bits per heavy atom. The predicted molar refractivity (Wildman–Crippen MR) is 136 cm³/mol. The van der Waals surface area contributed by atoms with Gasteiger partial charge in [-0.3, -0.25) is 25.4 Å². The first kappa shape index (κ1) is 22.5. The molecule has 36 heavy (non-hydrogen) atoms. The minimum atomic E-state index is -0.443. The average Bonchev–Trinajstić information content (AvgIpc) is 3.37. The van der Waals surface area contributed by atoms with Crippen molar-refractivity contribution >= 4 is 23.5 Å². The highest BCUT2D eigenvalue weighted by molar-refractivity contribution is 5.99. The molecular formula is C27H21N7O2. The van der Waals surface area contributed by atoms with Crippen molar-refractivity contribution in [3.63, 3.8) is 0 Å². The van der Waals surface area contributed by atoms with Crippen LogP contribution in [0.25, 0.3) is 17.1 Å². The van der Waals surface area contributed by atoms with Gasteiger partial charge in [-0.15, -0.1) is 5.10 Å². The summed E-state index contributed by atoms with van der Waals surface area (Å²) in [4.78, 5) is 33.1. The summed E-state index contributed by atoms with van der Waals surface area (Å²) >= 11 is 0. The second kappa shape index (κ2) is 10.3. The lowest BCUT2D eigenvalue weighted by molar-refractivity contribution is 0.0846. The van der Waals surface area contributed by atoms with Crippen LogP contribution in [0.3, 0.4) is 0 Å². The van der Waals surface area contributed by atoms with Gasteiger partial charge in [-0.1, -0.05) is 48.5 Å². The summed E-state index contributed by atoms with van der Waals surface area (Å²) in [6.45, 7) is 0. The zero-order valence-corrected chi connectivity index (χ0v) is 19.0. The van der Waals surface area contributed by atoms with E-state index in [-0.39, 0.29) is 0 Å². The molecule has 9 heteroatoms. The van der Waals surface area contributed by atoms with Crippen molar-refractivity contribution in [2.45, 2.75) is 0 Å². The van der Waals surface area contributed by atoms with Gasteiger partial charge in [-0.2, -0.15) is 4.98 Å². The first-order chi connectivity index (χ1) is 17.7. The summed E-state index contributed by atoms with van der Waals surface area (Å²) in [5, 5.41) is 7.84. The monoisotopic (exact) mass is 475 g/mol. The number of hydrazine groups is 1. The maximum Gasteiger partial charge on any atom is 0.269 e. The van der Waals surface area contributed by atoms with Crippen LogP contribution in [-0.2, 0) is 0 Å². The summed E-state index contributed by atoms with van der Waals surface area (Å²) in [5.41, 5.74) is 8.09. The lowest BCUT2D eigenvalue weighted by Gasteiger charge is -2.08. The van der Waals surface area contributed by atoms with E-state index in [1.165, 1.54) is 12.4 Å².